The summed E-state index contributed by atoms with van der Waals surface area (Å²) in [4.78, 5) is 16.6. The minimum Gasteiger partial charge on any atom is -0.349 e. The molecular formula is C20H26N3O3+. The SMILES string of the molecule is CC(C)[N+](N)(O)OC1CC(=O)N[C@@H](c2ccc(-c3ccccc3)cc2)C1. The summed E-state index contributed by atoms with van der Waals surface area (Å²) in [6.45, 7) is 3.51. The summed E-state index contributed by atoms with van der Waals surface area (Å²) in [6, 6.07) is 17.8. The third kappa shape index (κ3) is 4.28. The van der Waals surface area contributed by atoms with Crippen LogP contribution < -0.4 is 11.2 Å². The number of nitrogens with two attached hydrogens (primary N) is 1. The van der Waals surface area contributed by atoms with E-state index in [-0.39, 0.29) is 24.4 Å². The normalized spacial score (nSPS) is 22.7. The zero-order valence-electron chi connectivity index (χ0n) is 15.1. The average molecular weight is 356 g/mol. The minimum absolute atomic E-state index is 0.109. The molecule has 0 bridgehead atoms. The molecule has 0 spiro atoms. The number of nitrogens with zero attached hydrogens (tertiary/aromatic N) is 1. The maximum absolute atomic E-state index is 12.1. The molecule has 4 N–H and O–H groups in total. The molecule has 0 aromatic heterocycles. The number of carbonyl (C=O) groups is 1. The molecule has 1 fully saturated rings. The Labute approximate surface area is 153 Å². The number of hydrogen-bond donors (Lipinski definition) is 3. The van der Waals surface area contributed by atoms with E-state index >= 15 is 0 Å². The molecule has 138 valence electrons. The van der Waals surface area contributed by atoms with Gasteiger partial charge in [0.25, 0.3) is 0 Å². The van der Waals surface area contributed by atoms with Crippen molar-refractivity contribution >= 4 is 5.91 Å². The minimum atomic E-state index is -1.04. The first-order valence-electron chi connectivity index (χ1n) is 8.88. The molecule has 0 saturated carbocycles. The monoisotopic (exact) mass is 356 g/mol. The Morgan fingerprint density at radius 1 is 1.12 bits per heavy atom. The number of hydroxylamine groups is 2. The highest BCUT2D eigenvalue weighted by atomic mass is 17.0. The Bertz CT molecular complexity index is 745. The van der Waals surface area contributed by atoms with E-state index in [1.807, 2.05) is 42.5 Å². The lowest BCUT2D eigenvalue weighted by molar-refractivity contribution is -1.27. The fourth-order valence-electron chi connectivity index (χ4n) is 3.06. The third-order valence-corrected chi connectivity index (χ3v) is 4.72. The highest BCUT2D eigenvalue weighted by Gasteiger charge is 2.37. The Kier molecular flexibility index (Phi) is 5.38. The summed E-state index contributed by atoms with van der Waals surface area (Å²) >= 11 is 0. The van der Waals surface area contributed by atoms with Crippen molar-refractivity contribution in [2.75, 3.05) is 0 Å². The van der Waals surface area contributed by atoms with Gasteiger partial charge in [0.2, 0.25) is 5.91 Å². The summed E-state index contributed by atoms with van der Waals surface area (Å²) in [5.74, 6) is 5.63. The van der Waals surface area contributed by atoms with E-state index < -0.39 is 11.0 Å². The van der Waals surface area contributed by atoms with Gasteiger partial charge in [0.05, 0.1) is 12.5 Å². The number of amides is 1. The molecule has 1 saturated heterocycles. The molecule has 2 aromatic carbocycles. The molecule has 2 unspecified atom stereocenters. The molecule has 1 aliphatic rings. The fourth-order valence-corrected chi connectivity index (χ4v) is 3.06. The van der Waals surface area contributed by atoms with Crippen LogP contribution in [-0.2, 0) is 9.63 Å². The fraction of sp³-hybridized carbons (Fsp3) is 0.350. The maximum Gasteiger partial charge on any atom is 0.223 e. The summed E-state index contributed by atoms with van der Waals surface area (Å²) in [7, 11) is 0. The van der Waals surface area contributed by atoms with Crippen LogP contribution in [0.1, 0.15) is 38.3 Å². The molecule has 1 heterocycles. The molecule has 3 rings (SSSR count). The van der Waals surface area contributed by atoms with Crippen molar-refractivity contribution in [2.24, 2.45) is 5.84 Å². The molecule has 6 nitrogen and oxygen atoms in total. The third-order valence-electron chi connectivity index (χ3n) is 4.72. The van der Waals surface area contributed by atoms with Gasteiger partial charge < -0.3 is 5.32 Å². The lowest BCUT2D eigenvalue weighted by Gasteiger charge is -2.33. The second kappa shape index (κ2) is 7.55. The van der Waals surface area contributed by atoms with Gasteiger partial charge in [-0.1, -0.05) is 54.6 Å². The van der Waals surface area contributed by atoms with E-state index in [1.165, 1.54) is 0 Å². The largest absolute Gasteiger partial charge is 0.349 e. The van der Waals surface area contributed by atoms with Gasteiger partial charge in [-0.05, 0) is 30.5 Å². The maximum atomic E-state index is 12.1. The van der Waals surface area contributed by atoms with Crippen molar-refractivity contribution in [3.05, 3.63) is 60.2 Å². The summed E-state index contributed by atoms with van der Waals surface area (Å²) in [5.41, 5.74) is 3.27. The zero-order chi connectivity index (χ0) is 18.7. The first-order chi connectivity index (χ1) is 12.3. The van der Waals surface area contributed by atoms with Crippen LogP contribution in [0.25, 0.3) is 11.1 Å². The summed E-state index contributed by atoms with van der Waals surface area (Å²) in [6.07, 6.45) is 0.296. The van der Waals surface area contributed by atoms with Crippen molar-refractivity contribution < 1.29 is 19.8 Å². The second-order valence-corrected chi connectivity index (χ2v) is 7.04. The number of quaternary nitrogens is 1. The van der Waals surface area contributed by atoms with E-state index in [0.29, 0.717) is 6.42 Å². The molecule has 1 amide bonds. The molecule has 1 aliphatic heterocycles. The summed E-state index contributed by atoms with van der Waals surface area (Å²) in [5, 5.41) is 13.1. The highest BCUT2D eigenvalue weighted by molar-refractivity contribution is 5.78. The van der Waals surface area contributed by atoms with Gasteiger partial charge in [0.1, 0.15) is 6.10 Å². The van der Waals surface area contributed by atoms with Crippen molar-refractivity contribution in [3.63, 3.8) is 0 Å². The highest BCUT2D eigenvalue weighted by Crippen LogP contribution is 2.29. The van der Waals surface area contributed by atoms with Crippen LogP contribution in [0.2, 0.25) is 0 Å². The van der Waals surface area contributed by atoms with E-state index in [0.717, 1.165) is 16.7 Å². The number of benzene rings is 2. The number of carbonyl (C=O) groups excluding carboxylic acids is 1. The number of hydrogen-bond acceptors (Lipinski definition) is 4. The smallest absolute Gasteiger partial charge is 0.223 e. The first kappa shape index (κ1) is 18.5. The lowest BCUT2D eigenvalue weighted by atomic mass is 9.93. The standard InChI is InChI=1S/C20H25N3O3/c1-14(2)23(21,25)26-18-12-19(22-20(24)13-18)17-10-8-16(9-11-17)15-6-4-3-5-7-15/h3-11,14,18-19,25H,12-13,21H2,1-2H3/p+1/t18?,19-,23?/m1/s1. The summed E-state index contributed by atoms with van der Waals surface area (Å²) < 4.78 is 0. The van der Waals surface area contributed by atoms with Gasteiger partial charge >= 0.3 is 0 Å². The van der Waals surface area contributed by atoms with Gasteiger partial charge in [-0.15, -0.1) is 10.7 Å². The quantitative estimate of drug-likeness (QED) is 0.437. The molecule has 3 atom stereocenters. The van der Waals surface area contributed by atoms with Crippen LogP contribution in [0.5, 0.6) is 0 Å². The predicted molar refractivity (Wildman–Crippen MR) is 98.2 cm³/mol. The Morgan fingerprint density at radius 2 is 1.73 bits per heavy atom. The zero-order valence-corrected chi connectivity index (χ0v) is 15.1. The first-order valence-corrected chi connectivity index (χ1v) is 8.88. The van der Waals surface area contributed by atoms with Gasteiger partial charge in [-0.25, -0.2) is 0 Å². The molecular weight excluding hydrogens is 330 g/mol. The molecule has 0 radical (unpaired) electrons. The van der Waals surface area contributed by atoms with Gasteiger partial charge in [0, 0.05) is 11.3 Å². The van der Waals surface area contributed by atoms with Crippen molar-refractivity contribution in [2.45, 2.75) is 44.9 Å². The van der Waals surface area contributed by atoms with E-state index in [4.69, 9.17) is 10.7 Å². The molecule has 0 aliphatic carbocycles. The van der Waals surface area contributed by atoms with Gasteiger partial charge in [-0.2, -0.15) is 5.21 Å². The molecule has 2 aromatic rings. The van der Waals surface area contributed by atoms with E-state index in [2.05, 4.69) is 17.4 Å². The Hall–Kier alpha value is -2.25. The second-order valence-electron chi connectivity index (χ2n) is 7.04. The van der Waals surface area contributed by atoms with E-state index in [9.17, 15) is 10.0 Å². The predicted octanol–water partition coefficient (Wildman–Crippen LogP) is 3.09. The van der Waals surface area contributed by atoms with Crippen LogP contribution in [0.4, 0.5) is 0 Å². The average Bonchev–Trinajstić information content (AvgIpc) is 2.61. The molecule has 26 heavy (non-hydrogen) atoms. The number of nitrogens with one attached hydrogen (secondary N) is 1. The van der Waals surface area contributed by atoms with Crippen molar-refractivity contribution in [1.82, 2.24) is 5.32 Å². The lowest BCUT2D eigenvalue weighted by Crippen LogP contribution is -2.59. The van der Waals surface area contributed by atoms with Crippen LogP contribution in [0, 0.1) is 0 Å². The van der Waals surface area contributed by atoms with Crippen LogP contribution in [0.15, 0.2) is 54.6 Å². The Balaban J connectivity index is 1.73. The topological polar surface area (TPSA) is 84.6 Å². The van der Waals surface area contributed by atoms with Gasteiger partial charge in [0.15, 0.2) is 6.04 Å². The Morgan fingerprint density at radius 3 is 2.35 bits per heavy atom. The van der Waals surface area contributed by atoms with E-state index in [1.54, 1.807) is 13.8 Å². The van der Waals surface area contributed by atoms with Crippen LogP contribution >= 0.6 is 0 Å². The van der Waals surface area contributed by atoms with Gasteiger partial charge in [-0.3, -0.25) is 4.79 Å². The van der Waals surface area contributed by atoms with Crippen molar-refractivity contribution in [1.29, 1.82) is 0 Å². The molecule has 6 heteroatoms. The number of rotatable bonds is 5. The van der Waals surface area contributed by atoms with Crippen molar-refractivity contribution in [3.8, 4) is 11.1 Å². The van der Waals surface area contributed by atoms with Crippen LogP contribution in [0.3, 0.4) is 0 Å². The van der Waals surface area contributed by atoms with Crippen LogP contribution in [-0.4, -0.2) is 28.2 Å². The number of piperidine rings is 1.